The number of hydrogen-bond donors (Lipinski definition) is 0. The molecule has 5 rings (SSSR count). The molecule has 0 spiro atoms. The highest BCUT2D eigenvalue weighted by molar-refractivity contribution is 5.42. The zero-order valence-electron chi connectivity index (χ0n) is 26.9. The summed E-state index contributed by atoms with van der Waals surface area (Å²) in [5.41, 5.74) is -2.60. The smallest absolute Gasteiger partial charge is 0.416 e. The molecule has 2 aromatic heterocycles. The third-order valence-electron chi connectivity index (χ3n) is 8.55. The standard InChI is InChI=1S/C32H34F8N8O/c1-5-27(47-11-9-21(10-12-47)28-42-41-19(3)49-28)26-8-7-23(31(35,36)37)15-22(26)18-48(29-43-45-46(4)44-29)17-20-13-24(30(33,34)6-2)16-25(14-20)32(38,39)40/h6-8,13-16,21,27H,2,5,9-12,17-18H2,1,3-4H3. The van der Waals surface area contributed by atoms with Crippen molar-refractivity contribution in [1.82, 2.24) is 35.3 Å². The normalized spacial score (nSPS) is 15.8. The number of anilines is 1. The molecule has 0 N–H and O–H groups in total. The van der Waals surface area contributed by atoms with Crippen LogP contribution in [0.15, 0.2) is 53.5 Å². The van der Waals surface area contributed by atoms with E-state index in [2.05, 4.69) is 37.1 Å². The SMILES string of the molecule is C=CC(F)(F)c1cc(CN(Cc2cc(C(F)(F)F)ccc2C(CC)N2CCC(c3nnc(C)o3)CC2)c2nnn(C)n2)cc(C(F)(F)F)c1. The second-order valence-corrected chi connectivity index (χ2v) is 12.0. The topological polar surface area (TPSA) is 89.0 Å². The molecule has 264 valence electrons. The van der Waals surface area contributed by atoms with Crippen LogP contribution in [0.1, 0.15) is 83.3 Å². The fourth-order valence-corrected chi connectivity index (χ4v) is 6.14. The second-order valence-electron chi connectivity index (χ2n) is 12.0. The summed E-state index contributed by atoms with van der Waals surface area (Å²) >= 11 is 0. The molecule has 0 saturated carbocycles. The fraction of sp³-hybridized carbons (Fsp3) is 0.469. The molecule has 1 aliphatic rings. The second kappa shape index (κ2) is 13.8. The Hall–Kier alpha value is -4.41. The van der Waals surface area contributed by atoms with Crippen LogP contribution in [0.4, 0.5) is 41.1 Å². The van der Waals surface area contributed by atoms with E-state index in [1.165, 1.54) is 18.0 Å². The van der Waals surface area contributed by atoms with Gasteiger partial charge in [-0.1, -0.05) is 24.7 Å². The zero-order chi connectivity index (χ0) is 35.7. The maximum Gasteiger partial charge on any atom is 0.416 e. The van der Waals surface area contributed by atoms with E-state index in [1.807, 2.05) is 6.92 Å². The molecular formula is C32H34F8N8O. The van der Waals surface area contributed by atoms with E-state index in [9.17, 15) is 35.1 Å². The Morgan fingerprint density at radius 3 is 2.14 bits per heavy atom. The largest absolute Gasteiger partial charge is 0.425 e. The minimum Gasteiger partial charge on any atom is -0.425 e. The molecule has 49 heavy (non-hydrogen) atoms. The lowest BCUT2D eigenvalue weighted by molar-refractivity contribution is -0.138. The van der Waals surface area contributed by atoms with Gasteiger partial charge in [-0.05, 0) is 90.7 Å². The monoisotopic (exact) mass is 698 g/mol. The summed E-state index contributed by atoms with van der Waals surface area (Å²) in [7, 11) is 1.43. The minimum atomic E-state index is -4.96. The van der Waals surface area contributed by atoms with Gasteiger partial charge in [-0.3, -0.25) is 4.90 Å². The summed E-state index contributed by atoms with van der Waals surface area (Å²) in [6.07, 6.45) is -7.54. The summed E-state index contributed by atoms with van der Waals surface area (Å²) in [5.74, 6) is -2.88. The molecule has 4 aromatic rings. The number of nitrogens with zero attached hydrogens (tertiary/aromatic N) is 8. The van der Waals surface area contributed by atoms with Gasteiger partial charge in [0, 0.05) is 37.5 Å². The number of allylic oxidation sites excluding steroid dienone is 1. The Balaban J connectivity index is 1.53. The molecular weight excluding hydrogens is 664 g/mol. The average Bonchev–Trinajstić information content (AvgIpc) is 3.69. The zero-order valence-corrected chi connectivity index (χ0v) is 26.9. The molecule has 2 aromatic carbocycles. The molecule has 0 amide bonds. The molecule has 1 unspecified atom stereocenters. The summed E-state index contributed by atoms with van der Waals surface area (Å²) in [6.45, 7) is 7.06. The number of aromatic nitrogens is 6. The highest BCUT2D eigenvalue weighted by atomic mass is 19.4. The van der Waals surface area contributed by atoms with Crippen molar-refractivity contribution in [3.63, 3.8) is 0 Å². The minimum absolute atomic E-state index is 0.0334. The fourth-order valence-electron chi connectivity index (χ4n) is 6.14. The van der Waals surface area contributed by atoms with Crippen LogP contribution in [-0.4, -0.2) is 48.4 Å². The lowest BCUT2D eigenvalue weighted by Gasteiger charge is -2.38. The number of piperidine rings is 1. The first-order chi connectivity index (χ1) is 23.0. The number of likely N-dealkylation sites (tertiary alicyclic amines) is 1. The summed E-state index contributed by atoms with van der Waals surface area (Å²) < 4.78 is 118. The van der Waals surface area contributed by atoms with Gasteiger partial charge in [-0.25, -0.2) is 0 Å². The van der Waals surface area contributed by atoms with Crippen molar-refractivity contribution in [3.8, 4) is 0 Å². The van der Waals surface area contributed by atoms with Crippen LogP contribution < -0.4 is 4.90 Å². The molecule has 0 radical (unpaired) electrons. The Morgan fingerprint density at radius 2 is 1.59 bits per heavy atom. The third-order valence-corrected chi connectivity index (χ3v) is 8.55. The summed E-state index contributed by atoms with van der Waals surface area (Å²) in [4.78, 5) is 4.55. The van der Waals surface area contributed by atoms with Gasteiger partial charge in [0.2, 0.25) is 11.8 Å². The van der Waals surface area contributed by atoms with Crippen molar-refractivity contribution >= 4 is 5.95 Å². The number of aryl methyl sites for hydroxylation is 2. The van der Waals surface area contributed by atoms with Crippen LogP contribution in [0.2, 0.25) is 0 Å². The lowest BCUT2D eigenvalue weighted by Crippen LogP contribution is -2.37. The van der Waals surface area contributed by atoms with E-state index in [0.717, 1.165) is 23.0 Å². The van der Waals surface area contributed by atoms with Gasteiger partial charge >= 0.3 is 12.4 Å². The van der Waals surface area contributed by atoms with Crippen LogP contribution in [0, 0.1) is 6.92 Å². The van der Waals surface area contributed by atoms with Crippen molar-refractivity contribution in [1.29, 1.82) is 0 Å². The van der Waals surface area contributed by atoms with E-state index in [1.54, 1.807) is 6.92 Å². The van der Waals surface area contributed by atoms with Gasteiger partial charge in [0.05, 0.1) is 18.2 Å². The Bertz CT molecular complexity index is 1760. The van der Waals surface area contributed by atoms with Crippen LogP contribution in [0.3, 0.4) is 0 Å². The van der Waals surface area contributed by atoms with Gasteiger partial charge in [0.1, 0.15) is 0 Å². The van der Waals surface area contributed by atoms with Crippen LogP contribution >= 0.6 is 0 Å². The van der Waals surface area contributed by atoms with Crippen LogP contribution in [0.5, 0.6) is 0 Å². The van der Waals surface area contributed by atoms with Crippen molar-refractivity contribution < 1.29 is 39.5 Å². The Labute approximate surface area is 276 Å². The number of rotatable bonds is 11. The molecule has 1 saturated heterocycles. The van der Waals surface area contributed by atoms with Gasteiger partial charge in [-0.2, -0.15) is 39.9 Å². The summed E-state index contributed by atoms with van der Waals surface area (Å²) in [6, 6.07) is 5.03. The van der Waals surface area contributed by atoms with E-state index < -0.39 is 41.5 Å². The molecule has 1 fully saturated rings. The number of halogens is 8. The highest BCUT2D eigenvalue weighted by Crippen LogP contribution is 2.39. The van der Waals surface area contributed by atoms with Gasteiger partial charge < -0.3 is 9.32 Å². The van der Waals surface area contributed by atoms with Crippen molar-refractivity contribution in [2.45, 2.75) is 76.4 Å². The first-order valence-electron chi connectivity index (χ1n) is 15.4. The molecule has 1 aliphatic heterocycles. The van der Waals surface area contributed by atoms with Gasteiger partial charge in [0.15, 0.2) is 0 Å². The van der Waals surface area contributed by atoms with E-state index in [-0.39, 0.29) is 41.7 Å². The van der Waals surface area contributed by atoms with Crippen LogP contribution in [0.25, 0.3) is 0 Å². The summed E-state index contributed by atoms with van der Waals surface area (Å²) in [5, 5.41) is 19.9. The van der Waals surface area contributed by atoms with Gasteiger partial charge in [-0.15, -0.1) is 15.3 Å². The van der Waals surface area contributed by atoms with E-state index in [0.29, 0.717) is 61.8 Å². The average molecular weight is 699 g/mol. The molecule has 17 heteroatoms. The van der Waals surface area contributed by atoms with E-state index in [4.69, 9.17) is 4.42 Å². The Kier molecular flexibility index (Phi) is 10.1. The molecule has 0 bridgehead atoms. The lowest BCUT2D eigenvalue weighted by atomic mass is 9.90. The number of alkyl halides is 8. The Morgan fingerprint density at radius 1 is 0.918 bits per heavy atom. The number of benzene rings is 2. The van der Waals surface area contributed by atoms with Crippen molar-refractivity contribution in [3.05, 3.63) is 94.2 Å². The molecule has 9 nitrogen and oxygen atoms in total. The highest BCUT2D eigenvalue weighted by Gasteiger charge is 2.37. The van der Waals surface area contributed by atoms with Crippen molar-refractivity contribution in [2.75, 3.05) is 18.0 Å². The molecule has 0 aliphatic carbocycles. The van der Waals surface area contributed by atoms with Crippen LogP contribution in [-0.2, 0) is 38.4 Å². The maximum absolute atomic E-state index is 14.6. The molecule has 3 heterocycles. The maximum atomic E-state index is 14.6. The quantitative estimate of drug-likeness (QED) is 0.116. The van der Waals surface area contributed by atoms with Gasteiger partial charge in [0.25, 0.3) is 11.9 Å². The predicted molar refractivity (Wildman–Crippen MR) is 161 cm³/mol. The third kappa shape index (κ3) is 8.25. The van der Waals surface area contributed by atoms with E-state index >= 15 is 0 Å². The number of hydrogen-bond acceptors (Lipinski definition) is 8. The number of tetrazole rings is 1. The first kappa shape index (κ1) is 35.9. The predicted octanol–water partition coefficient (Wildman–Crippen LogP) is 7.75. The first-order valence-corrected chi connectivity index (χ1v) is 15.4. The van der Waals surface area contributed by atoms with Crippen molar-refractivity contribution in [2.24, 2.45) is 7.05 Å². The molecule has 1 atom stereocenters.